The fourth-order valence-corrected chi connectivity index (χ4v) is 6.78. The Bertz CT molecular complexity index is 1200. The molecule has 2 N–H and O–H groups in total. The lowest BCUT2D eigenvalue weighted by Gasteiger charge is -2.32. The van der Waals surface area contributed by atoms with Gasteiger partial charge < -0.3 is 20.1 Å². The lowest BCUT2D eigenvalue weighted by atomic mass is 9.80. The molecule has 1 aromatic carbocycles. The van der Waals surface area contributed by atoms with Crippen LogP contribution in [0.3, 0.4) is 0 Å². The molecule has 1 aliphatic carbocycles. The van der Waals surface area contributed by atoms with E-state index in [4.69, 9.17) is 0 Å². The maximum absolute atomic E-state index is 13.5. The number of hydrogen-bond acceptors (Lipinski definition) is 3. The van der Waals surface area contributed by atoms with Crippen molar-refractivity contribution in [3.63, 3.8) is 0 Å². The summed E-state index contributed by atoms with van der Waals surface area (Å²) in [7, 11) is 0. The largest absolute Gasteiger partial charge is 0.358 e. The number of nitrogens with zero attached hydrogens (tertiary/aromatic N) is 2. The number of benzene rings is 1. The number of likely N-dealkylation sites (tertiary alicyclic amines) is 1. The third-order valence-electron chi connectivity index (χ3n) is 8.83. The lowest BCUT2D eigenvalue weighted by Crippen LogP contribution is -2.43. The molecule has 0 radical (unpaired) electrons. The van der Waals surface area contributed by atoms with E-state index >= 15 is 0 Å². The van der Waals surface area contributed by atoms with Gasteiger partial charge in [-0.1, -0.05) is 37.8 Å². The molecule has 4 heterocycles. The summed E-state index contributed by atoms with van der Waals surface area (Å²) in [6, 6.07) is 6.29. The highest BCUT2D eigenvalue weighted by molar-refractivity contribution is 6.35. The zero-order chi connectivity index (χ0) is 24.6. The maximum atomic E-state index is 13.5. The van der Waals surface area contributed by atoms with E-state index in [0.717, 1.165) is 78.5 Å². The minimum atomic E-state index is -0.0466. The summed E-state index contributed by atoms with van der Waals surface area (Å²) >= 11 is 0. The molecule has 6 nitrogen and oxygen atoms in total. The molecule has 1 saturated heterocycles. The molecule has 4 aliphatic rings. The molecule has 190 valence electrons. The fourth-order valence-electron chi connectivity index (χ4n) is 6.78. The number of H-pyrrole nitrogens is 1. The summed E-state index contributed by atoms with van der Waals surface area (Å²) in [5, 5.41) is 3.09. The number of carbonyl (C=O) groups excluding carboxylic acids is 2. The number of hydrogen-bond donors (Lipinski definition) is 2. The molecule has 6 heteroatoms. The molecule has 3 aliphatic heterocycles. The molecule has 0 unspecified atom stereocenters. The first-order valence-electron chi connectivity index (χ1n) is 14.0. The van der Waals surface area contributed by atoms with Gasteiger partial charge in [-0.05, 0) is 74.9 Å². The highest BCUT2D eigenvalue weighted by Gasteiger charge is 2.32. The van der Waals surface area contributed by atoms with Gasteiger partial charge in [0.25, 0.3) is 11.8 Å². The average molecular weight is 487 g/mol. The van der Waals surface area contributed by atoms with Gasteiger partial charge in [-0.3, -0.25) is 9.59 Å². The van der Waals surface area contributed by atoms with Crippen LogP contribution in [-0.2, 0) is 11.2 Å². The Balaban J connectivity index is 1.27. The molecule has 1 aromatic heterocycles. The van der Waals surface area contributed by atoms with Crippen LogP contribution in [0.2, 0.25) is 0 Å². The highest BCUT2D eigenvalue weighted by atomic mass is 16.2. The topological polar surface area (TPSA) is 68.4 Å². The smallest absolute Gasteiger partial charge is 0.256 e. The molecule has 0 spiro atoms. The van der Waals surface area contributed by atoms with Crippen molar-refractivity contribution in [2.75, 3.05) is 38.0 Å². The first kappa shape index (κ1) is 23.5. The van der Waals surface area contributed by atoms with Crippen LogP contribution in [0.15, 0.2) is 18.2 Å². The second kappa shape index (κ2) is 9.89. The maximum Gasteiger partial charge on any atom is 0.256 e. The number of aromatic nitrogens is 1. The number of amides is 2. The van der Waals surface area contributed by atoms with E-state index in [1.54, 1.807) is 0 Å². The number of anilines is 1. The Kier molecular flexibility index (Phi) is 6.46. The molecule has 1 saturated carbocycles. The predicted octanol–water partition coefficient (Wildman–Crippen LogP) is 5.35. The summed E-state index contributed by atoms with van der Waals surface area (Å²) in [4.78, 5) is 34.6. The zero-order valence-electron chi connectivity index (χ0n) is 21.5. The number of fused-ring (bicyclic) bond motifs is 2. The SMILES string of the molecule is Cc1c(/C=C2\C(=O)Nc3cccc(C4CCCCC4)c32)[nH]c2c1C(=O)N(CCN1CCCCC1)CC2. The van der Waals surface area contributed by atoms with Crippen LogP contribution in [0.25, 0.3) is 11.6 Å². The Morgan fingerprint density at radius 2 is 1.72 bits per heavy atom. The van der Waals surface area contributed by atoms with Crippen LogP contribution in [0.5, 0.6) is 0 Å². The van der Waals surface area contributed by atoms with Crippen molar-refractivity contribution >= 4 is 29.2 Å². The highest BCUT2D eigenvalue weighted by Crippen LogP contribution is 2.43. The van der Waals surface area contributed by atoms with E-state index in [0.29, 0.717) is 5.92 Å². The van der Waals surface area contributed by atoms with Gasteiger partial charge in [0.2, 0.25) is 0 Å². The Morgan fingerprint density at radius 1 is 0.944 bits per heavy atom. The van der Waals surface area contributed by atoms with Crippen LogP contribution >= 0.6 is 0 Å². The summed E-state index contributed by atoms with van der Waals surface area (Å²) in [6.45, 7) is 6.84. The van der Waals surface area contributed by atoms with Gasteiger partial charge in [0.15, 0.2) is 0 Å². The molecular weight excluding hydrogens is 448 g/mol. The third kappa shape index (κ3) is 4.30. The van der Waals surface area contributed by atoms with E-state index in [-0.39, 0.29) is 11.8 Å². The van der Waals surface area contributed by atoms with Gasteiger partial charge >= 0.3 is 0 Å². The number of carbonyl (C=O) groups is 2. The van der Waals surface area contributed by atoms with Crippen molar-refractivity contribution < 1.29 is 9.59 Å². The normalized spacial score (nSPS) is 22.1. The summed E-state index contributed by atoms with van der Waals surface area (Å²) in [6.07, 6.45) is 12.9. The quantitative estimate of drug-likeness (QED) is 0.560. The molecule has 6 rings (SSSR count). The first-order valence-corrected chi connectivity index (χ1v) is 14.0. The monoisotopic (exact) mass is 486 g/mol. The molecule has 2 fully saturated rings. The number of rotatable bonds is 5. The Hall–Kier alpha value is -2.86. The van der Waals surface area contributed by atoms with Crippen LogP contribution in [-0.4, -0.2) is 59.3 Å². The van der Waals surface area contributed by atoms with Gasteiger partial charge in [-0.25, -0.2) is 0 Å². The molecular formula is C30H38N4O2. The molecule has 2 aromatic rings. The van der Waals surface area contributed by atoms with Gasteiger partial charge in [0.05, 0.1) is 11.1 Å². The van der Waals surface area contributed by atoms with Crippen LogP contribution in [0, 0.1) is 6.92 Å². The van der Waals surface area contributed by atoms with Crippen molar-refractivity contribution in [1.29, 1.82) is 0 Å². The standard InChI is InChI=1S/C30H38N4O2/c1-20-26(31-25-13-16-34(30(36)27(20)25)18-17-33-14-6-3-7-15-33)19-23-28-22(21-9-4-2-5-10-21)11-8-12-24(28)32-29(23)35/h8,11-12,19,21,31H,2-7,9-10,13-18H2,1H3,(H,32,35)/b23-19-. The molecule has 0 bridgehead atoms. The van der Waals surface area contributed by atoms with Crippen LogP contribution < -0.4 is 5.32 Å². The van der Waals surface area contributed by atoms with Gasteiger partial charge in [0.1, 0.15) is 0 Å². The number of aromatic amines is 1. The first-order chi connectivity index (χ1) is 17.6. The summed E-state index contributed by atoms with van der Waals surface area (Å²) in [5.74, 6) is 0.596. The second-order valence-corrected chi connectivity index (χ2v) is 11.1. The van der Waals surface area contributed by atoms with Crippen molar-refractivity contribution in [2.45, 2.75) is 70.6 Å². The Morgan fingerprint density at radius 3 is 2.53 bits per heavy atom. The lowest BCUT2D eigenvalue weighted by molar-refractivity contribution is -0.110. The van der Waals surface area contributed by atoms with E-state index in [1.807, 2.05) is 24.0 Å². The average Bonchev–Trinajstić information content (AvgIpc) is 3.41. The molecule has 36 heavy (non-hydrogen) atoms. The van der Waals surface area contributed by atoms with Crippen molar-refractivity contribution in [2.24, 2.45) is 0 Å². The van der Waals surface area contributed by atoms with E-state index in [2.05, 4.69) is 27.3 Å². The van der Waals surface area contributed by atoms with E-state index < -0.39 is 0 Å². The summed E-state index contributed by atoms with van der Waals surface area (Å²) in [5.41, 5.74) is 7.68. The van der Waals surface area contributed by atoms with E-state index in [1.165, 1.54) is 56.9 Å². The Labute approximate surface area is 214 Å². The predicted molar refractivity (Wildman–Crippen MR) is 144 cm³/mol. The minimum Gasteiger partial charge on any atom is -0.358 e. The van der Waals surface area contributed by atoms with Crippen molar-refractivity contribution in [3.05, 3.63) is 51.8 Å². The molecule has 2 amide bonds. The minimum absolute atomic E-state index is 0.0466. The number of piperidine rings is 1. The van der Waals surface area contributed by atoms with Crippen LogP contribution in [0.4, 0.5) is 5.69 Å². The number of nitrogens with one attached hydrogen (secondary N) is 2. The third-order valence-corrected chi connectivity index (χ3v) is 8.83. The van der Waals surface area contributed by atoms with Crippen molar-refractivity contribution in [1.82, 2.24) is 14.8 Å². The molecule has 0 atom stereocenters. The van der Waals surface area contributed by atoms with Crippen molar-refractivity contribution in [3.8, 4) is 0 Å². The van der Waals surface area contributed by atoms with E-state index in [9.17, 15) is 9.59 Å². The second-order valence-electron chi connectivity index (χ2n) is 11.1. The van der Waals surface area contributed by atoms with Gasteiger partial charge in [0, 0.05) is 48.7 Å². The van der Waals surface area contributed by atoms with Crippen LogP contribution in [0.1, 0.15) is 95.7 Å². The summed E-state index contributed by atoms with van der Waals surface area (Å²) < 4.78 is 0. The zero-order valence-corrected chi connectivity index (χ0v) is 21.5. The van der Waals surface area contributed by atoms with Gasteiger partial charge in [-0.15, -0.1) is 0 Å². The fraction of sp³-hybridized carbons (Fsp3) is 0.533. The van der Waals surface area contributed by atoms with Gasteiger partial charge in [-0.2, -0.15) is 0 Å².